The van der Waals surface area contributed by atoms with E-state index in [1.807, 2.05) is 12.1 Å². The number of carbonyl (C=O) groups is 1. The molecule has 4 aliphatic rings. The fourth-order valence-corrected chi connectivity index (χ4v) is 5.99. The molecule has 2 bridgehead atoms. The number of ether oxygens (including phenoxy) is 1. The van der Waals surface area contributed by atoms with Crippen LogP contribution in [0.3, 0.4) is 0 Å². The number of rotatable bonds is 5. The van der Waals surface area contributed by atoms with Crippen LogP contribution in [0.5, 0.6) is 5.75 Å². The van der Waals surface area contributed by atoms with Crippen LogP contribution in [-0.2, 0) is 4.79 Å². The second kappa shape index (κ2) is 7.85. The molecule has 3 fully saturated rings. The van der Waals surface area contributed by atoms with E-state index in [4.69, 9.17) is 16.3 Å². The van der Waals surface area contributed by atoms with Crippen LogP contribution in [0.1, 0.15) is 37.3 Å². The highest BCUT2D eigenvalue weighted by Gasteiger charge is 2.59. The summed E-state index contributed by atoms with van der Waals surface area (Å²) in [6, 6.07) is 8.41. The Labute approximate surface area is 192 Å². The zero-order valence-corrected chi connectivity index (χ0v) is 18.9. The minimum absolute atomic E-state index is 0.0364. The lowest BCUT2D eigenvalue weighted by atomic mass is 9.70. The second-order valence-corrected chi connectivity index (χ2v) is 10.1. The molecule has 3 aliphatic carbocycles. The Hall–Kier alpha value is -1.99. The lowest BCUT2D eigenvalue weighted by molar-refractivity contribution is -0.138. The molecular weight excluding hydrogens is 490 g/mol. The van der Waals surface area contributed by atoms with Crippen molar-refractivity contribution in [3.8, 4) is 5.75 Å². The molecule has 1 heterocycles. The Kier molecular flexibility index (Phi) is 5.29. The Morgan fingerprint density at radius 3 is 2.65 bits per heavy atom. The van der Waals surface area contributed by atoms with Gasteiger partial charge >= 0.3 is 0 Å². The van der Waals surface area contributed by atoms with Gasteiger partial charge in [0.15, 0.2) is 0 Å². The lowest BCUT2D eigenvalue weighted by Gasteiger charge is -2.38. The molecule has 0 aromatic heterocycles. The molecule has 162 valence electrons. The molecule has 31 heavy (non-hydrogen) atoms. The van der Waals surface area contributed by atoms with Crippen molar-refractivity contribution in [1.29, 1.82) is 0 Å². The van der Waals surface area contributed by atoms with Crippen molar-refractivity contribution in [3.05, 3.63) is 63.1 Å². The summed E-state index contributed by atoms with van der Waals surface area (Å²) in [4.78, 5) is 13.3. The average Bonchev–Trinajstić information content (AvgIpc) is 3.39. The van der Waals surface area contributed by atoms with E-state index in [1.165, 1.54) is 17.1 Å². The van der Waals surface area contributed by atoms with Crippen LogP contribution in [0.2, 0.25) is 5.02 Å². The fourth-order valence-electron chi connectivity index (χ4n) is 5.27. The third-order valence-corrected chi connectivity index (χ3v) is 7.47. The third-order valence-electron chi connectivity index (χ3n) is 6.68. The van der Waals surface area contributed by atoms with Crippen molar-refractivity contribution in [3.63, 3.8) is 0 Å². The van der Waals surface area contributed by atoms with E-state index in [9.17, 15) is 13.6 Å². The SMILES string of the molecule is O=C([C@H]1CC2(COc3ccc(Br)cc3Cl)CC1C2)N1N=CCC1c1cc(F)cc(F)c1. The van der Waals surface area contributed by atoms with Gasteiger partial charge in [0.05, 0.1) is 17.7 Å². The number of carbonyl (C=O) groups excluding carboxylic acids is 1. The van der Waals surface area contributed by atoms with E-state index < -0.39 is 17.7 Å². The summed E-state index contributed by atoms with van der Waals surface area (Å²) < 4.78 is 34.3. The van der Waals surface area contributed by atoms with Gasteiger partial charge in [0, 0.05) is 34.5 Å². The molecule has 1 unspecified atom stereocenters. The minimum Gasteiger partial charge on any atom is -0.491 e. The van der Waals surface area contributed by atoms with Crippen LogP contribution in [0.25, 0.3) is 0 Å². The van der Waals surface area contributed by atoms with Gasteiger partial charge in [-0.1, -0.05) is 27.5 Å². The average molecular weight is 510 g/mol. The highest BCUT2D eigenvalue weighted by Crippen LogP contribution is 2.62. The number of hydrazone groups is 1. The predicted octanol–water partition coefficient (Wildman–Crippen LogP) is 6.14. The van der Waals surface area contributed by atoms with Gasteiger partial charge in [-0.2, -0.15) is 5.10 Å². The topological polar surface area (TPSA) is 41.9 Å². The Morgan fingerprint density at radius 1 is 1.19 bits per heavy atom. The first-order valence-electron chi connectivity index (χ1n) is 10.2. The molecule has 0 spiro atoms. The summed E-state index contributed by atoms with van der Waals surface area (Å²) in [5.41, 5.74) is 0.391. The van der Waals surface area contributed by atoms with Crippen LogP contribution in [0.15, 0.2) is 46.0 Å². The molecule has 0 N–H and O–H groups in total. The minimum atomic E-state index is -0.653. The molecule has 6 rings (SSSR count). The van der Waals surface area contributed by atoms with Crippen LogP contribution in [0.4, 0.5) is 8.78 Å². The Bertz CT molecular complexity index is 1050. The highest BCUT2D eigenvalue weighted by molar-refractivity contribution is 9.10. The molecule has 2 aromatic rings. The number of nitrogens with zero attached hydrogens (tertiary/aromatic N) is 2. The summed E-state index contributed by atoms with van der Waals surface area (Å²) in [7, 11) is 0. The standard InChI is InChI=1S/C23H20BrClF2N2O2/c24-15-1-2-21(19(25)7-15)31-12-23-9-14(10-23)18(11-23)22(30)29-20(3-4-28-29)13-5-16(26)8-17(27)6-13/h1-2,4-8,14,18,20H,3,9-12H2/t14?,18-,20?,23?/m0/s1. The maximum absolute atomic E-state index is 13.7. The molecule has 4 nitrogen and oxygen atoms in total. The molecule has 2 aromatic carbocycles. The van der Waals surface area contributed by atoms with Crippen molar-refractivity contribution in [2.24, 2.45) is 22.4 Å². The Morgan fingerprint density at radius 2 is 1.94 bits per heavy atom. The maximum Gasteiger partial charge on any atom is 0.246 e. The number of fused-ring (bicyclic) bond motifs is 1. The summed E-state index contributed by atoms with van der Waals surface area (Å²) in [5.74, 6) is -0.609. The molecule has 2 atom stereocenters. The Balaban J connectivity index is 1.26. The normalized spacial score (nSPS) is 28.6. The van der Waals surface area contributed by atoms with E-state index >= 15 is 0 Å². The zero-order chi connectivity index (χ0) is 21.8. The lowest BCUT2D eigenvalue weighted by Crippen LogP contribution is -2.36. The van der Waals surface area contributed by atoms with E-state index in [0.29, 0.717) is 29.4 Å². The van der Waals surface area contributed by atoms with Gasteiger partial charge in [-0.15, -0.1) is 0 Å². The zero-order valence-electron chi connectivity index (χ0n) is 16.5. The molecule has 8 heteroatoms. The summed E-state index contributed by atoms with van der Waals surface area (Å²) in [6.45, 7) is 0.510. The molecule has 0 radical (unpaired) electrons. The smallest absolute Gasteiger partial charge is 0.246 e. The number of amides is 1. The number of hydrogen-bond donors (Lipinski definition) is 0. The van der Waals surface area contributed by atoms with E-state index in [-0.39, 0.29) is 23.2 Å². The first-order chi connectivity index (χ1) is 14.8. The van der Waals surface area contributed by atoms with E-state index in [1.54, 1.807) is 12.3 Å². The van der Waals surface area contributed by atoms with Crippen molar-refractivity contribution in [2.45, 2.75) is 31.7 Å². The van der Waals surface area contributed by atoms with E-state index in [0.717, 1.165) is 29.8 Å². The van der Waals surface area contributed by atoms with Gasteiger partial charge in [0.2, 0.25) is 5.91 Å². The van der Waals surface area contributed by atoms with Gasteiger partial charge in [0.1, 0.15) is 17.4 Å². The first kappa shape index (κ1) is 20.9. The maximum atomic E-state index is 13.7. The monoisotopic (exact) mass is 508 g/mol. The predicted molar refractivity (Wildman–Crippen MR) is 117 cm³/mol. The van der Waals surface area contributed by atoms with Gasteiger partial charge in [-0.25, -0.2) is 13.8 Å². The highest BCUT2D eigenvalue weighted by atomic mass is 79.9. The molecule has 3 saturated carbocycles. The molecule has 0 saturated heterocycles. The van der Waals surface area contributed by atoms with E-state index in [2.05, 4.69) is 21.0 Å². The largest absolute Gasteiger partial charge is 0.491 e. The number of benzene rings is 2. The summed E-state index contributed by atoms with van der Waals surface area (Å²) in [6.07, 6.45) is 4.66. The quantitative estimate of drug-likeness (QED) is 0.486. The second-order valence-electron chi connectivity index (χ2n) is 8.78. The third kappa shape index (κ3) is 3.87. The fraction of sp³-hybridized carbons (Fsp3) is 0.391. The number of halogens is 4. The molecular formula is C23H20BrClF2N2O2. The van der Waals surface area contributed by atoms with Crippen LogP contribution >= 0.6 is 27.5 Å². The summed E-state index contributed by atoms with van der Waals surface area (Å²) >= 11 is 9.63. The van der Waals surface area contributed by atoms with Crippen LogP contribution in [0, 0.1) is 28.9 Å². The van der Waals surface area contributed by atoms with Crippen LogP contribution in [-0.4, -0.2) is 23.7 Å². The van der Waals surface area contributed by atoms with Gasteiger partial charge in [0.25, 0.3) is 0 Å². The van der Waals surface area contributed by atoms with Crippen molar-refractivity contribution in [2.75, 3.05) is 6.61 Å². The van der Waals surface area contributed by atoms with Gasteiger partial charge < -0.3 is 4.74 Å². The molecule has 1 amide bonds. The van der Waals surface area contributed by atoms with Crippen molar-refractivity contribution < 1.29 is 18.3 Å². The van der Waals surface area contributed by atoms with Crippen molar-refractivity contribution in [1.82, 2.24) is 5.01 Å². The van der Waals surface area contributed by atoms with Crippen LogP contribution < -0.4 is 4.74 Å². The molecule has 1 aliphatic heterocycles. The van der Waals surface area contributed by atoms with Gasteiger partial charge in [-0.3, -0.25) is 4.79 Å². The number of hydrogen-bond acceptors (Lipinski definition) is 3. The summed E-state index contributed by atoms with van der Waals surface area (Å²) in [5, 5.41) is 6.21. The van der Waals surface area contributed by atoms with Gasteiger partial charge in [-0.05, 0) is 61.1 Å². The van der Waals surface area contributed by atoms with Crippen molar-refractivity contribution >= 4 is 39.7 Å². The first-order valence-corrected chi connectivity index (χ1v) is 11.4.